The first-order valence-electron chi connectivity index (χ1n) is 5.81. The fraction of sp³-hybridized carbons (Fsp3) is 0.462. The normalized spacial score (nSPS) is 15.6. The zero-order valence-corrected chi connectivity index (χ0v) is 9.62. The number of hydrogen-bond donors (Lipinski definition) is 2. The Bertz CT molecular complexity index is 397. The van der Waals surface area contributed by atoms with E-state index in [1.54, 1.807) is 12.1 Å². The van der Waals surface area contributed by atoms with Gasteiger partial charge in [0.25, 0.3) is 5.91 Å². The van der Waals surface area contributed by atoms with Gasteiger partial charge in [0.05, 0.1) is 0 Å². The Kier molecular flexibility index (Phi) is 3.13. The van der Waals surface area contributed by atoms with Crippen LogP contribution in [0.25, 0.3) is 0 Å². The SMILES string of the molecule is Cc1cc(N)ccc1C(=O)NCC1CCC1. The number of rotatable bonds is 3. The van der Waals surface area contributed by atoms with Crippen molar-refractivity contribution in [2.24, 2.45) is 5.92 Å². The van der Waals surface area contributed by atoms with Crippen molar-refractivity contribution in [1.29, 1.82) is 0 Å². The lowest BCUT2D eigenvalue weighted by Crippen LogP contribution is -2.32. The molecule has 1 saturated carbocycles. The molecule has 0 radical (unpaired) electrons. The number of hydrogen-bond acceptors (Lipinski definition) is 2. The summed E-state index contributed by atoms with van der Waals surface area (Å²) in [6.07, 6.45) is 3.81. The van der Waals surface area contributed by atoms with Gasteiger partial charge in [-0.1, -0.05) is 6.42 Å². The van der Waals surface area contributed by atoms with E-state index in [9.17, 15) is 4.79 Å². The van der Waals surface area contributed by atoms with Gasteiger partial charge in [-0.05, 0) is 49.4 Å². The summed E-state index contributed by atoms with van der Waals surface area (Å²) in [5, 5.41) is 2.98. The molecule has 1 amide bonds. The highest BCUT2D eigenvalue weighted by molar-refractivity contribution is 5.96. The van der Waals surface area contributed by atoms with Crippen LogP contribution in [0.15, 0.2) is 18.2 Å². The first kappa shape index (κ1) is 11.0. The zero-order chi connectivity index (χ0) is 11.5. The van der Waals surface area contributed by atoms with Crippen molar-refractivity contribution in [3.63, 3.8) is 0 Å². The van der Waals surface area contributed by atoms with Gasteiger partial charge in [-0.3, -0.25) is 4.79 Å². The molecule has 1 fully saturated rings. The first-order valence-corrected chi connectivity index (χ1v) is 5.81. The van der Waals surface area contributed by atoms with E-state index >= 15 is 0 Å². The van der Waals surface area contributed by atoms with Gasteiger partial charge < -0.3 is 11.1 Å². The summed E-state index contributed by atoms with van der Waals surface area (Å²) in [5.74, 6) is 0.711. The molecule has 86 valence electrons. The van der Waals surface area contributed by atoms with E-state index in [1.165, 1.54) is 19.3 Å². The number of carbonyl (C=O) groups excluding carboxylic acids is 1. The number of aryl methyl sites for hydroxylation is 1. The molecular weight excluding hydrogens is 200 g/mol. The largest absolute Gasteiger partial charge is 0.399 e. The molecule has 1 aliphatic rings. The Morgan fingerprint density at radius 1 is 1.50 bits per heavy atom. The summed E-state index contributed by atoms with van der Waals surface area (Å²) < 4.78 is 0. The third-order valence-corrected chi connectivity index (χ3v) is 3.27. The molecule has 3 N–H and O–H groups in total. The maximum absolute atomic E-state index is 11.9. The highest BCUT2D eigenvalue weighted by Gasteiger charge is 2.18. The van der Waals surface area contributed by atoms with Crippen LogP contribution in [0, 0.1) is 12.8 Å². The smallest absolute Gasteiger partial charge is 0.251 e. The number of nitrogen functional groups attached to an aromatic ring is 1. The quantitative estimate of drug-likeness (QED) is 0.763. The van der Waals surface area contributed by atoms with Gasteiger partial charge in [0.1, 0.15) is 0 Å². The predicted molar refractivity (Wildman–Crippen MR) is 65.3 cm³/mol. The summed E-state index contributed by atoms with van der Waals surface area (Å²) in [6.45, 7) is 2.72. The Balaban J connectivity index is 1.96. The molecular formula is C13H18N2O. The number of nitrogens with two attached hydrogens (primary N) is 1. The standard InChI is InChI=1S/C13H18N2O/c1-9-7-11(14)5-6-12(9)13(16)15-8-10-3-2-4-10/h5-7,10H,2-4,8,14H2,1H3,(H,15,16). The second-order valence-electron chi connectivity index (χ2n) is 4.58. The summed E-state index contributed by atoms with van der Waals surface area (Å²) >= 11 is 0. The molecule has 0 spiro atoms. The van der Waals surface area contributed by atoms with Crippen LogP contribution >= 0.6 is 0 Å². The monoisotopic (exact) mass is 218 g/mol. The van der Waals surface area contributed by atoms with Crippen molar-refractivity contribution >= 4 is 11.6 Å². The first-order chi connectivity index (χ1) is 7.66. The van der Waals surface area contributed by atoms with Crippen LogP contribution in [0.2, 0.25) is 0 Å². The second-order valence-corrected chi connectivity index (χ2v) is 4.58. The van der Waals surface area contributed by atoms with E-state index in [0.29, 0.717) is 11.6 Å². The van der Waals surface area contributed by atoms with E-state index < -0.39 is 0 Å². The van der Waals surface area contributed by atoms with Gasteiger partial charge in [0.15, 0.2) is 0 Å². The lowest BCUT2D eigenvalue weighted by Gasteiger charge is -2.25. The van der Waals surface area contributed by atoms with E-state index in [2.05, 4.69) is 5.32 Å². The zero-order valence-electron chi connectivity index (χ0n) is 9.62. The summed E-state index contributed by atoms with van der Waals surface area (Å²) in [6, 6.07) is 5.39. The molecule has 3 nitrogen and oxygen atoms in total. The summed E-state index contributed by atoms with van der Waals surface area (Å²) in [4.78, 5) is 11.9. The molecule has 3 heteroatoms. The third-order valence-electron chi connectivity index (χ3n) is 3.27. The van der Waals surface area contributed by atoms with Crippen molar-refractivity contribution in [3.05, 3.63) is 29.3 Å². The Labute approximate surface area is 96.0 Å². The van der Waals surface area contributed by atoms with E-state index in [0.717, 1.165) is 17.7 Å². The molecule has 0 aromatic heterocycles. The minimum atomic E-state index is 0.0180. The average molecular weight is 218 g/mol. The van der Waals surface area contributed by atoms with Gasteiger partial charge in [0.2, 0.25) is 0 Å². The molecule has 0 unspecified atom stereocenters. The lowest BCUT2D eigenvalue weighted by atomic mass is 9.85. The van der Waals surface area contributed by atoms with Crippen molar-refractivity contribution in [2.45, 2.75) is 26.2 Å². The molecule has 1 aromatic carbocycles. The molecule has 0 aliphatic heterocycles. The van der Waals surface area contributed by atoms with Crippen LogP contribution in [0.3, 0.4) is 0 Å². The second kappa shape index (κ2) is 4.56. The molecule has 0 saturated heterocycles. The van der Waals surface area contributed by atoms with Crippen LogP contribution in [0.1, 0.15) is 35.2 Å². The molecule has 0 bridgehead atoms. The number of amides is 1. The molecule has 2 rings (SSSR count). The minimum Gasteiger partial charge on any atom is -0.399 e. The molecule has 16 heavy (non-hydrogen) atoms. The minimum absolute atomic E-state index is 0.0180. The number of nitrogens with one attached hydrogen (secondary N) is 1. The molecule has 1 aliphatic carbocycles. The summed E-state index contributed by atoms with van der Waals surface area (Å²) in [7, 11) is 0. The molecule has 0 heterocycles. The number of carbonyl (C=O) groups is 1. The van der Waals surface area contributed by atoms with Crippen LogP contribution in [-0.2, 0) is 0 Å². The van der Waals surface area contributed by atoms with E-state index in [-0.39, 0.29) is 5.91 Å². The Morgan fingerprint density at radius 3 is 2.81 bits per heavy atom. The van der Waals surface area contributed by atoms with Gasteiger partial charge in [0, 0.05) is 17.8 Å². The number of benzene rings is 1. The maximum Gasteiger partial charge on any atom is 0.251 e. The summed E-state index contributed by atoms with van der Waals surface area (Å²) in [5.41, 5.74) is 8.02. The fourth-order valence-electron chi connectivity index (χ4n) is 1.97. The van der Waals surface area contributed by atoms with Crippen LogP contribution < -0.4 is 11.1 Å². The molecule has 0 atom stereocenters. The lowest BCUT2D eigenvalue weighted by molar-refractivity contribution is 0.0938. The van der Waals surface area contributed by atoms with E-state index in [4.69, 9.17) is 5.73 Å². The van der Waals surface area contributed by atoms with Crippen molar-refractivity contribution in [2.75, 3.05) is 12.3 Å². The van der Waals surface area contributed by atoms with Crippen LogP contribution in [0.5, 0.6) is 0 Å². The Morgan fingerprint density at radius 2 is 2.25 bits per heavy atom. The van der Waals surface area contributed by atoms with Crippen LogP contribution in [0.4, 0.5) is 5.69 Å². The topological polar surface area (TPSA) is 55.1 Å². The fourth-order valence-corrected chi connectivity index (χ4v) is 1.97. The maximum atomic E-state index is 11.9. The number of anilines is 1. The Hall–Kier alpha value is -1.51. The van der Waals surface area contributed by atoms with Crippen LogP contribution in [-0.4, -0.2) is 12.5 Å². The van der Waals surface area contributed by atoms with Crippen molar-refractivity contribution < 1.29 is 4.79 Å². The molecule has 1 aromatic rings. The third kappa shape index (κ3) is 2.35. The van der Waals surface area contributed by atoms with E-state index in [1.807, 2.05) is 13.0 Å². The van der Waals surface area contributed by atoms with Gasteiger partial charge in [-0.2, -0.15) is 0 Å². The highest BCUT2D eigenvalue weighted by atomic mass is 16.1. The average Bonchev–Trinajstić information content (AvgIpc) is 2.14. The van der Waals surface area contributed by atoms with Gasteiger partial charge in [-0.15, -0.1) is 0 Å². The predicted octanol–water partition coefficient (Wildman–Crippen LogP) is 2.11. The van der Waals surface area contributed by atoms with Crippen molar-refractivity contribution in [3.8, 4) is 0 Å². The van der Waals surface area contributed by atoms with Crippen molar-refractivity contribution in [1.82, 2.24) is 5.32 Å². The highest BCUT2D eigenvalue weighted by Crippen LogP contribution is 2.25. The van der Waals surface area contributed by atoms with Gasteiger partial charge in [-0.25, -0.2) is 0 Å². The van der Waals surface area contributed by atoms with Gasteiger partial charge >= 0.3 is 0 Å².